The lowest BCUT2D eigenvalue weighted by Crippen LogP contribution is -2.22. The number of aromatic nitrogens is 3. The highest BCUT2D eigenvalue weighted by Gasteiger charge is 2.18. The fraction of sp³-hybridized carbons (Fsp3) is 0.296. The van der Waals surface area contributed by atoms with Gasteiger partial charge in [0.25, 0.3) is 0 Å². The Kier molecular flexibility index (Phi) is 6.81. The van der Waals surface area contributed by atoms with Crippen LogP contribution in [0.25, 0.3) is 10.9 Å². The number of rotatable bonds is 6. The van der Waals surface area contributed by atoms with Gasteiger partial charge in [-0.15, -0.1) is 0 Å². The van der Waals surface area contributed by atoms with Crippen molar-refractivity contribution < 1.29 is 22.3 Å². The molecule has 0 saturated carbocycles. The van der Waals surface area contributed by atoms with Crippen molar-refractivity contribution in [1.82, 2.24) is 14.8 Å². The molecule has 10 heteroatoms. The molecule has 0 spiro atoms. The number of halogens is 1. The van der Waals surface area contributed by atoms with Crippen molar-refractivity contribution in [1.29, 1.82) is 0 Å². The molecular weight excluding hydrogens is 495 g/mol. The average molecular weight is 525 g/mol. The van der Waals surface area contributed by atoms with Gasteiger partial charge in [-0.1, -0.05) is 0 Å². The molecule has 4 rings (SSSR count). The van der Waals surface area contributed by atoms with Crippen molar-refractivity contribution >= 4 is 32.3 Å². The number of sulfone groups is 1. The monoisotopic (exact) mass is 524 g/mol. The average Bonchev–Trinajstić information content (AvgIpc) is 3.25. The molecule has 2 aromatic carbocycles. The lowest BCUT2D eigenvalue weighted by Gasteiger charge is -2.18. The molecule has 0 aliphatic carbocycles. The maximum Gasteiger partial charge on any atom is 0.228 e. The van der Waals surface area contributed by atoms with Gasteiger partial charge in [0.05, 0.1) is 34.3 Å². The molecule has 194 valence electrons. The number of hydrogen-bond donors (Lipinski definition) is 1. The van der Waals surface area contributed by atoms with Crippen LogP contribution in [0, 0.1) is 19.7 Å². The number of anilines is 1. The van der Waals surface area contributed by atoms with E-state index in [2.05, 4.69) is 15.4 Å². The fourth-order valence-electron chi connectivity index (χ4n) is 3.96. The minimum absolute atomic E-state index is 0.164. The highest BCUT2D eigenvalue weighted by Crippen LogP contribution is 2.34. The van der Waals surface area contributed by atoms with Gasteiger partial charge in [0.15, 0.2) is 9.84 Å². The van der Waals surface area contributed by atoms with Crippen LogP contribution in [0.4, 0.5) is 10.1 Å². The summed E-state index contributed by atoms with van der Waals surface area (Å²) in [5, 5.41) is 7.49. The molecule has 0 aliphatic heterocycles. The number of carbonyl (C=O) groups excluding carboxylic acids is 1. The zero-order chi connectivity index (χ0) is 27.1. The van der Waals surface area contributed by atoms with Crippen LogP contribution < -0.4 is 10.1 Å². The molecule has 0 saturated heterocycles. The minimum atomic E-state index is -3.46. The zero-order valence-corrected chi connectivity index (χ0v) is 22.4. The van der Waals surface area contributed by atoms with E-state index in [-0.39, 0.29) is 34.1 Å². The van der Waals surface area contributed by atoms with Crippen molar-refractivity contribution in [3.8, 4) is 11.5 Å². The molecule has 0 radical (unpaired) electrons. The molecule has 1 amide bonds. The lowest BCUT2D eigenvalue weighted by molar-refractivity contribution is -0.115. The van der Waals surface area contributed by atoms with Crippen LogP contribution in [0.15, 0.2) is 53.8 Å². The molecule has 4 aromatic rings. The SMILES string of the molecule is Cc1cc(CC(=O)Nc2cnn(C(C)(C)C)c2)c(F)cc1Oc1ccnc2cc(C)c(S(C)(=O)=O)cc12. The number of pyridine rings is 1. The Balaban J connectivity index is 1.57. The summed E-state index contributed by atoms with van der Waals surface area (Å²) in [6.07, 6.45) is 5.80. The van der Waals surface area contributed by atoms with E-state index in [4.69, 9.17) is 4.74 Å². The molecule has 37 heavy (non-hydrogen) atoms. The molecule has 0 bridgehead atoms. The van der Waals surface area contributed by atoms with Gasteiger partial charge in [-0.2, -0.15) is 5.10 Å². The Morgan fingerprint density at radius 3 is 2.49 bits per heavy atom. The number of benzene rings is 2. The van der Waals surface area contributed by atoms with Crippen LogP contribution in [0.2, 0.25) is 0 Å². The van der Waals surface area contributed by atoms with Gasteiger partial charge in [-0.05, 0) is 75.6 Å². The maximum absolute atomic E-state index is 15.0. The van der Waals surface area contributed by atoms with Gasteiger partial charge >= 0.3 is 0 Å². The molecule has 2 heterocycles. The number of nitrogens with one attached hydrogen (secondary N) is 1. The quantitative estimate of drug-likeness (QED) is 0.366. The van der Waals surface area contributed by atoms with Crippen molar-refractivity contribution in [3.63, 3.8) is 0 Å². The first-order valence-electron chi connectivity index (χ1n) is 11.6. The topological polar surface area (TPSA) is 103 Å². The summed E-state index contributed by atoms with van der Waals surface area (Å²) in [7, 11) is -3.46. The third kappa shape index (κ3) is 5.80. The first-order chi connectivity index (χ1) is 17.2. The molecule has 0 atom stereocenters. The van der Waals surface area contributed by atoms with E-state index in [1.54, 1.807) is 55.3 Å². The number of amides is 1. The highest BCUT2D eigenvalue weighted by atomic mass is 32.2. The van der Waals surface area contributed by atoms with Gasteiger partial charge in [0.1, 0.15) is 17.3 Å². The first-order valence-corrected chi connectivity index (χ1v) is 13.5. The highest BCUT2D eigenvalue weighted by molar-refractivity contribution is 7.90. The summed E-state index contributed by atoms with van der Waals surface area (Å²) in [6.45, 7) is 9.43. The van der Waals surface area contributed by atoms with Crippen molar-refractivity contribution in [2.45, 2.75) is 51.5 Å². The standard InChI is InChI=1S/C27H29FN4O4S/c1-16-9-18(11-26(33)31-19-14-30-32(15-19)27(3,4)5)21(28)13-24(16)36-23-7-8-29-22-10-17(2)25(12-20(22)23)37(6,34)35/h7-10,12-15H,11H2,1-6H3,(H,31,33). The Morgan fingerprint density at radius 2 is 1.84 bits per heavy atom. The van der Waals surface area contributed by atoms with E-state index in [1.807, 2.05) is 20.8 Å². The van der Waals surface area contributed by atoms with E-state index in [0.29, 0.717) is 33.5 Å². The zero-order valence-electron chi connectivity index (χ0n) is 21.6. The van der Waals surface area contributed by atoms with E-state index < -0.39 is 15.7 Å². The molecule has 1 N–H and O–H groups in total. The van der Waals surface area contributed by atoms with Crippen molar-refractivity contribution in [2.75, 3.05) is 11.6 Å². The lowest BCUT2D eigenvalue weighted by atomic mass is 10.1. The summed E-state index contributed by atoms with van der Waals surface area (Å²) in [4.78, 5) is 17.0. The van der Waals surface area contributed by atoms with Crippen LogP contribution in [-0.4, -0.2) is 35.3 Å². The normalized spacial score (nSPS) is 12.1. The van der Waals surface area contributed by atoms with Crippen LogP contribution in [-0.2, 0) is 26.6 Å². The first kappa shape index (κ1) is 26.3. The van der Waals surface area contributed by atoms with Gasteiger partial charge in [0, 0.05) is 30.1 Å². The third-order valence-corrected chi connectivity index (χ3v) is 7.11. The van der Waals surface area contributed by atoms with E-state index in [9.17, 15) is 13.2 Å². The number of nitrogens with zero attached hydrogens (tertiary/aromatic N) is 3. The summed E-state index contributed by atoms with van der Waals surface area (Å²) in [6, 6.07) is 7.60. The van der Waals surface area contributed by atoms with Gasteiger partial charge in [-0.3, -0.25) is 14.5 Å². The fourth-order valence-corrected chi connectivity index (χ4v) is 4.94. The summed E-state index contributed by atoms with van der Waals surface area (Å²) in [5.74, 6) is -0.364. The smallest absolute Gasteiger partial charge is 0.228 e. The second-order valence-corrected chi connectivity index (χ2v) is 12.1. The maximum atomic E-state index is 15.0. The number of aryl methyl sites for hydroxylation is 2. The van der Waals surface area contributed by atoms with Crippen LogP contribution in [0.1, 0.15) is 37.5 Å². The van der Waals surface area contributed by atoms with Crippen molar-refractivity contribution in [2.24, 2.45) is 0 Å². The molecule has 0 unspecified atom stereocenters. The molecule has 0 fully saturated rings. The summed E-state index contributed by atoms with van der Waals surface area (Å²) in [5.41, 5.74) is 2.28. The van der Waals surface area contributed by atoms with Crippen LogP contribution in [0.5, 0.6) is 11.5 Å². The Labute approximate surface area is 215 Å². The third-order valence-electron chi connectivity index (χ3n) is 5.87. The molecule has 2 aromatic heterocycles. The van der Waals surface area contributed by atoms with Gasteiger partial charge in [-0.25, -0.2) is 12.8 Å². The van der Waals surface area contributed by atoms with Crippen LogP contribution in [0.3, 0.4) is 0 Å². The Bertz CT molecular complexity index is 1620. The number of hydrogen-bond acceptors (Lipinski definition) is 6. The molecular formula is C27H29FN4O4S. The van der Waals surface area contributed by atoms with E-state index in [1.165, 1.54) is 12.1 Å². The molecule has 8 nitrogen and oxygen atoms in total. The van der Waals surface area contributed by atoms with Gasteiger partial charge in [0.2, 0.25) is 5.91 Å². The predicted octanol–water partition coefficient (Wildman–Crippen LogP) is 5.32. The largest absolute Gasteiger partial charge is 0.456 e. The van der Waals surface area contributed by atoms with Crippen molar-refractivity contribution in [3.05, 3.63) is 71.4 Å². The van der Waals surface area contributed by atoms with E-state index >= 15 is 4.39 Å². The minimum Gasteiger partial charge on any atom is -0.456 e. The summed E-state index contributed by atoms with van der Waals surface area (Å²) < 4.78 is 47.2. The predicted molar refractivity (Wildman–Crippen MR) is 140 cm³/mol. The Hall–Kier alpha value is -3.79. The Morgan fingerprint density at radius 1 is 1.11 bits per heavy atom. The molecule has 0 aliphatic rings. The second kappa shape index (κ2) is 9.59. The number of fused-ring (bicyclic) bond motifs is 1. The number of carbonyl (C=O) groups is 1. The van der Waals surface area contributed by atoms with Gasteiger partial charge < -0.3 is 10.1 Å². The second-order valence-electron chi connectivity index (χ2n) is 10.1. The number of ether oxygens (including phenoxy) is 1. The van der Waals surface area contributed by atoms with E-state index in [0.717, 1.165) is 6.26 Å². The summed E-state index contributed by atoms with van der Waals surface area (Å²) >= 11 is 0. The van der Waals surface area contributed by atoms with Crippen LogP contribution >= 0.6 is 0 Å².